The van der Waals surface area contributed by atoms with Crippen molar-refractivity contribution in [1.29, 1.82) is 0 Å². The molecule has 0 saturated carbocycles. The van der Waals surface area contributed by atoms with E-state index >= 15 is 0 Å². The molecule has 0 aliphatic heterocycles. The van der Waals surface area contributed by atoms with Crippen molar-refractivity contribution in [2.75, 3.05) is 19.5 Å². The van der Waals surface area contributed by atoms with Crippen molar-refractivity contribution in [3.8, 4) is 11.5 Å². The second-order valence-electron chi connectivity index (χ2n) is 5.94. The number of amides is 1. The molecule has 0 saturated heterocycles. The number of nitro groups is 1. The minimum atomic E-state index is -1.13. The van der Waals surface area contributed by atoms with Gasteiger partial charge in [0.25, 0.3) is 11.6 Å². The van der Waals surface area contributed by atoms with Crippen molar-refractivity contribution in [1.82, 2.24) is 0 Å². The molecule has 1 unspecified atom stereocenters. The first-order valence-electron chi connectivity index (χ1n) is 8.60. The molecule has 10 heteroatoms. The summed E-state index contributed by atoms with van der Waals surface area (Å²) in [7, 11) is 3.01. The Labute approximate surface area is 177 Å². The van der Waals surface area contributed by atoms with Crippen LogP contribution in [0, 0.1) is 10.1 Å². The number of carbonyl (C=O) groups is 2. The Morgan fingerprint density at radius 3 is 2.43 bits per heavy atom. The highest BCUT2D eigenvalue weighted by molar-refractivity contribution is 6.34. The fourth-order valence-electron chi connectivity index (χ4n) is 2.34. The Hall–Kier alpha value is -3.59. The molecule has 2 aromatic carbocycles. The van der Waals surface area contributed by atoms with E-state index < -0.39 is 22.9 Å². The maximum absolute atomic E-state index is 12.2. The van der Waals surface area contributed by atoms with Gasteiger partial charge in [0, 0.05) is 18.2 Å². The van der Waals surface area contributed by atoms with E-state index in [4.69, 9.17) is 25.8 Å². The maximum Gasteiger partial charge on any atom is 0.331 e. The highest BCUT2D eigenvalue weighted by atomic mass is 35.5. The van der Waals surface area contributed by atoms with E-state index in [2.05, 4.69) is 5.32 Å². The van der Waals surface area contributed by atoms with Crippen LogP contribution in [-0.2, 0) is 14.3 Å². The quantitative estimate of drug-likeness (QED) is 0.290. The number of nitro benzene ring substituents is 1. The molecule has 0 aromatic heterocycles. The number of ether oxygens (including phenoxy) is 3. The highest BCUT2D eigenvalue weighted by Crippen LogP contribution is 2.28. The molecule has 158 valence electrons. The number of halogens is 1. The average molecular weight is 435 g/mol. The van der Waals surface area contributed by atoms with Crippen LogP contribution in [0.2, 0.25) is 5.02 Å². The molecule has 9 nitrogen and oxygen atoms in total. The molecule has 0 radical (unpaired) electrons. The van der Waals surface area contributed by atoms with Gasteiger partial charge in [-0.15, -0.1) is 0 Å². The number of esters is 1. The normalized spacial score (nSPS) is 11.6. The van der Waals surface area contributed by atoms with Crippen LogP contribution in [0.3, 0.4) is 0 Å². The molecule has 2 aromatic rings. The average Bonchev–Trinajstić information content (AvgIpc) is 2.73. The van der Waals surface area contributed by atoms with E-state index in [9.17, 15) is 19.7 Å². The Bertz CT molecular complexity index is 991. The first-order chi connectivity index (χ1) is 14.2. The van der Waals surface area contributed by atoms with E-state index in [1.165, 1.54) is 45.4 Å². The monoisotopic (exact) mass is 434 g/mol. The van der Waals surface area contributed by atoms with E-state index in [1.54, 1.807) is 18.2 Å². The summed E-state index contributed by atoms with van der Waals surface area (Å²) in [4.78, 5) is 34.3. The predicted molar refractivity (Wildman–Crippen MR) is 111 cm³/mol. The number of rotatable bonds is 8. The van der Waals surface area contributed by atoms with Gasteiger partial charge in [-0.05, 0) is 36.8 Å². The number of non-ortho nitro benzene ring substituents is 1. The number of nitrogens with one attached hydrogen (secondary N) is 1. The molecule has 0 bridgehead atoms. The van der Waals surface area contributed by atoms with Crippen LogP contribution in [-0.4, -0.2) is 37.1 Å². The van der Waals surface area contributed by atoms with Crippen molar-refractivity contribution < 1.29 is 28.7 Å². The van der Waals surface area contributed by atoms with Crippen LogP contribution in [0.5, 0.6) is 11.5 Å². The van der Waals surface area contributed by atoms with Gasteiger partial charge in [-0.3, -0.25) is 14.9 Å². The number of methoxy groups -OCH3 is 2. The molecule has 1 amide bonds. The minimum absolute atomic E-state index is 0.00979. The zero-order valence-corrected chi connectivity index (χ0v) is 17.1. The SMILES string of the molecule is COc1ccc(C=CC(=O)OC(C)C(=O)Nc2ccc([N+](=O)[O-])cc2Cl)cc1OC. The second-order valence-corrected chi connectivity index (χ2v) is 6.34. The Morgan fingerprint density at radius 1 is 1.13 bits per heavy atom. The number of carbonyl (C=O) groups excluding carboxylic acids is 2. The summed E-state index contributed by atoms with van der Waals surface area (Å²) in [6.07, 6.45) is 1.55. The van der Waals surface area contributed by atoms with Crippen LogP contribution < -0.4 is 14.8 Å². The zero-order valence-electron chi connectivity index (χ0n) is 16.4. The zero-order chi connectivity index (χ0) is 22.3. The molecule has 2 rings (SSSR count). The highest BCUT2D eigenvalue weighted by Gasteiger charge is 2.19. The molecular weight excluding hydrogens is 416 g/mol. The number of hydrogen-bond acceptors (Lipinski definition) is 7. The third-order valence-electron chi connectivity index (χ3n) is 3.90. The van der Waals surface area contributed by atoms with E-state index in [0.29, 0.717) is 17.1 Å². The fraction of sp³-hybridized carbons (Fsp3) is 0.200. The molecule has 0 aliphatic carbocycles. The topological polar surface area (TPSA) is 117 Å². The van der Waals surface area contributed by atoms with E-state index in [0.717, 1.165) is 6.07 Å². The van der Waals surface area contributed by atoms with Gasteiger partial charge in [0.1, 0.15) is 0 Å². The Morgan fingerprint density at radius 2 is 1.83 bits per heavy atom. The van der Waals surface area contributed by atoms with Crippen LogP contribution in [0.25, 0.3) is 6.08 Å². The molecule has 1 N–H and O–H groups in total. The van der Waals surface area contributed by atoms with Crippen LogP contribution in [0.4, 0.5) is 11.4 Å². The van der Waals surface area contributed by atoms with Crippen molar-refractivity contribution in [3.05, 3.63) is 63.2 Å². The molecule has 0 heterocycles. The smallest absolute Gasteiger partial charge is 0.331 e. The molecular formula is C20H19ClN2O7. The van der Waals surface area contributed by atoms with Gasteiger partial charge >= 0.3 is 5.97 Å². The number of benzene rings is 2. The molecule has 0 aliphatic rings. The van der Waals surface area contributed by atoms with Gasteiger partial charge in [-0.25, -0.2) is 4.79 Å². The van der Waals surface area contributed by atoms with Gasteiger partial charge < -0.3 is 19.5 Å². The van der Waals surface area contributed by atoms with Crippen LogP contribution >= 0.6 is 11.6 Å². The summed E-state index contributed by atoms with van der Waals surface area (Å²) >= 11 is 5.93. The number of anilines is 1. The molecule has 1 atom stereocenters. The lowest BCUT2D eigenvalue weighted by molar-refractivity contribution is -0.384. The van der Waals surface area contributed by atoms with Gasteiger partial charge in [0.15, 0.2) is 17.6 Å². The Balaban J connectivity index is 1.97. The van der Waals surface area contributed by atoms with E-state index in [-0.39, 0.29) is 16.4 Å². The van der Waals surface area contributed by atoms with Crippen LogP contribution in [0.1, 0.15) is 12.5 Å². The number of nitrogens with zero attached hydrogens (tertiary/aromatic N) is 1. The summed E-state index contributed by atoms with van der Waals surface area (Å²) in [5, 5.41) is 13.2. The first kappa shape index (κ1) is 22.7. The van der Waals surface area contributed by atoms with Gasteiger partial charge in [-0.2, -0.15) is 0 Å². The van der Waals surface area contributed by atoms with E-state index in [1.807, 2.05) is 0 Å². The lowest BCUT2D eigenvalue weighted by atomic mass is 10.2. The molecule has 30 heavy (non-hydrogen) atoms. The van der Waals surface area contributed by atoms with Gasteiger partial charge in [0.05, 0.1) is 29.9 Å². The van der Waals surface area contributed by atoms with Crippen molar-refractivity contribution >= 4 is 40.9 Å². The first-order valence-corrected chi connectivity index (χ1v) is 8.98. The fourth-order valence-corrected chi connectivity index (χ4v) is 2.56. The third kappa shape index (κ3) is 5.95. The summed E-state index contributed by atoms with van der Waals surface area (Å²) in [6.45, 7) is 1.39. The largest absolute Gasteiger partial charge is 0.493 e. The van der Waals surface area contributed by atoms with Crippen LogP contribution in [0.15, 0.2) is 42.5 Å². The summed E-state index contributed by atoms with van der Waals surface area (Å²) in [5.74, 6) is -0.325. The van der Waals surface area contributed by atoms with Gasteiger partial charge in [-0.1, -0.05) is 17.7 Å². The second kappa shape index (κ2) is 10.3. The summed E-state index contributed by atoms with van der Waals surface area (Å²) in [6, 6.07) is 8.69. The molecule has 0 fully saturated rings. The molecule has 0 spiro atoms. The Kier molecular flexibility index (Phi) is 7.76. The standard InChI is InChI=1S/C20H19ClN2O7/c1-12(20(25)22-16-7-6-14(23(26)27)11-15(16)21)30-19(24)9-5-13-4-8-17(28-2)18(10-13)29-3/h4-12H,1-3H3,(H,22,25). The number of hydrogen-bond donors (Lipinski definition) is 1. The van der Waals surface area contributed by atoms with Gasteiger partial charge in [0.2, 0.25) is 0 Å². The maximum atomic E-state index is 12.2. The lowest BCUT2D eigenvalue weighted by Gasteiger charge is -2.13. The summed E-state index contributed by atoms with van der Waals surface area (Å²) in [5.41, 5.74) is 0.619. The van der Waals surface area contributed by atoms with Crippen molar-refractivity contribution in [2.24, 2.45) is 0 Å². The van der Waals surface area contributed by atoms with Crippen molar-refractivity contribution in [2.45, 2.75) is 13.0 Å². The minimum Gasteiger partial charge on any atom is -0.493 e. The summed E-state index contributed by atoms with van der Waals surface area (Å²) < 4.78 is 15.4. The van der Waals surface area contributed by atoms with Crippen molar-refractivity contribution in [3.63, 3.8) is 0 Å². The predicted octanol–water partition coefficient (Wildman–Crippen LogP) is 3.85. The third-order valence-corrected chi connectivity index (χ3v) is 4.22. The lowest BCUT2D eigenvalue weighted by Crippen LogP contribution is -2.29.